The molecule has 3 nitrogen and oxygen atoms in total. The van der Waals surface area contributed by atoms with Crippen LogP contribution in [0.3, 0.4) is 0 Å². The van der Waals surface area contributed by atoms with Crippen LogP contribution in [0.1, 0.15) is 77.2 Å². The molecule has 0 saturated carbocycles. The molecule has 1 unspecified atom stereocenters. The van der Waals surface area contributed by atoms with Crippen molar-refractivity contribution in [2.24, 2.45) is 5.92 Å². The molecule has 1 aromatic rings. The molecule has 0 fully saturated rings. The van der Waals surface area contributed by atoms with Gasteiger partial charge in [0.05, 0.1) is 6.61 Å². The number of carbonyl (C=O) groups is 1. The highest BCUT2D eigenvalue weighted by Crippen LogP contribution is 2.18. The van der Waals surface area contributed by atoms with Crippen molar-refractivity contribution in [3.05, 3.63) is 29.8 Å². The molecule has 1 aromatic carbocycles. The minimum absolute atomic E-state index is 0.113. The molecule has 0 radical (unpaired) electrons. The first-order valence-corrected chi connectivity index (χ1v) is 9.59. The van der Waals surface area contributed by atoms with Crippen molar-refractivity contribution in [2.45, 2.75) is 78.1 Å². The van der Waals surface area contributed by atoms with E-state index in [1.54, 1.807) is 12.1 Å². The first-order chi connectivity index (χ1) is 11.7. The Labute approximate surface area is 147 Å². The molecule has 1 rings (SSSR count). The highest BCUT2D eigenvalue weighted by atomic mass is 16.5. The van der Waals surface area contributed by atoms with Gasteiger partial charge in [-0.1, -0.05) is 64.5 Å². The van der Waals surface area contributed by atoms with Crippen LogP contribution in [0.25, 0.3) is 0 Å². The van der Waals surface area contributed by atoms with Gasteiger partial charge in [-0.15, -0.1) is 0 Å². The third-order valence-electron chi connectivity index (χ3n) is 4.47. The van der Waals surface area contributed by atoms with E-state index in [9.17, 15) is 9.90 Å². The quantitative estimate of drug-likeness (QED) is 0.375. The van der Waals surface area contributed by atoms with Crippen molar-refractivity contribution in [2.75, 3.05) is 6.61 Å². The van der Waals surface area contributed by atoms with Crippen molar-refractivity contribution in [1.29, 1.82) is 0 Å². The van der Waals surface area contributed by atoms with Gasteiger partial charge in [0.25, 0.3) is 0 Å². The number of hydrogen-bond donors (Lipinski definition) is 1. The van der Waals surface area contributed by atoms with Gasteiger partial charge >= 0.3 is 5.97 Å². The second-order valence-electron chi connectivity index (χ2n) is 6.71. The SMILES string of the molecule is CCCCCCC(CCCC)COC(=O)CCc1ccc(O)cc1. The number of phenols is 1. The van der Waals surface area contributed by atoms with E-state index >= 15 is 0 Å². The lowest BCUT2D eigenvalue weighted by atomic mass is 9.96. The Bertz CT molecular complexity index is 439. The monoisotopic (exact) mass is 334 g/mol. The molecule has 1 N–H and O–H groups in total. The topological polar surface area (TPSA) is 46.5 Å². The fraction of sp³-hybridized carbons (Fsp3) is 0.667. The van der Waals surface area contributed by atoms with Crippen molar-refractivity contribution in [1.82, 2.24) is 0 Å². The van der Waals surface area contributed by atoms with Crippen molar-refractivity contribution >= 4 is 5.97 Å². The summed E-state index contributed by atoms with van der Waals surface area (Å²) < 4.78 is 5.52. The Morgan fingerprint density at radius 2 is 1.67 bits per heavy atom. The Hall–Kier alpha value is -1.51. The minimum Gasteiger partial charge on any atom is -0.508 e. The van der Waals surface area contributed by atoms with E-state index in [1.165, 1.54) is 44.9 Å². The number of phenolic OH excluding ortho intramolecular Hbond substituents is 1. The number of hydrogen-bond acceptors (Lipinski definition) is 3. The number of unbranched alkanes of at least 4 members (excludes halogenated alkanes) is 4. The van der Waals surface area contributed by atoms with Gasteiger partial charge in [0.15, 0.2) is 0 Å². The second kappa shape index (κ2) is 12.9. The van der Waals surface area contributed by atoms with Gasteiger partial charge in [-0.2, -0.15) is 0 Å². The first-order valence-electron chi connectivity index (χ1n) is 9.59. The van der Waals surface area contributed by atoms with Gasteiger partial charge in [-0.3, -0.25) is 4.79 Å². The van der Waals surface area contributed by atoms with E-state index in [-0.39, 0.29) is 11.7 Å². The third kappa shape index (κ3) is 9.59. The molecule has 24 heavy (non-hydrogen) atoms. The van der Waals surface area contributed by atoms with Crippen LogP contribution in [0.2, 0.25) is 0 Å². The van der Waals surface area contributed by atoms with Crippen molar-refractivity contribution in [3.8, 4) is 5.75 Å². The maximum Gasteiger partial charge on any atom is 0.306 e. The Morgan fingerprint density at radius 3 is 2.33 bits per heavy atom. The van der Waals surface area contributed by atoms with E-state index in [0.717, 1.165) is 12.0 Å². The van der Waals surface area contributed by atoms with Crippen LogP contribution < -0.4 is 0 Å². The molecule has 0 aromatic heterocycles. The van der Waals surface area contributed by atoms with Crippen LogP contribution in [-0.4, -0.2) is 17.7 Å². The molecule has 0 spiro atoms. The molecule has 1 atom stereocenters. The summed E-state index contributed by atoms with van der Waals surface area (Å²) in [5, 5.41) is 9.26. The van der Waals surface area contributed by atoms with Crippen molar-refractivity contribution in [3.63, 3.8) is 0 Å². The summed E-state index contributed by atoms with van der Waals surface area (Å²) in [5.41, 5.74) is 1.05. The standard InChI is InChI=1S/C21H34O3/c1-3-5-7-8-10-19(9-6-4-2)17-24-21(23)16-13-18-11-14-20(22)15-12-18/h11-12,14-15,19,22H,3-10,13,16-17H2,1-2H3. The molecular weight excluding hydrogens is 300 g/mol. The van der Waals surface area contributed by atoms with Crippen LogP contribution in [0.4, 0.5) is 0 Å². The number of ether oxygens (including phenoxy) is 1. The lowest BCUT2D eigenvalue weighted by Gasteiger charge is -2.16. The number of esters is 1. The summed E-state index contributed by atoms with van der Waals surface area (Å²) in [7, 11) is 0. The predicted molar refractivity (Wildman–Crippen MR) is 99.2 cm³/mol. The molecule has 0 saturated heterocycles. The van der Waals surface area contributed by atoms with Crippen LogP contribution in [0.15, 0.2) is 24.3 Å². The van der Waals surface area contributed by atoms with Crippen molar-refractivity contribution < 1.29 is 14.6 Å². The van der Waals surface area contributed by atoms with E-state index in [2.05, 4.69) is 13.8 Å². The number of rotatable bonds is 13. The third-order valence-corrected chi connectivity index (χ3v) is 4.47. The second-order valence-corrected chi connectivity index (χ2v) is 6.71. The number of aromatic hydroxyl groups is 1. The van der Waals surface area contributed by atoms with Crippen LogP contribution in [0.5, 0.6) is 5.75 Å². The zero-order valence-corrected chi connectivity index (χ0v) is 15.4. The Balaban J connectivity index is 2.27. The molecule has 0 bridgehead atoms. The van der Waals surface area contributed by atoms with Gasteiger partial charge in [0, 0.05) is 6.42 Å². The lowest BCUT2D eigenvalue weighted by Crippen LogP contribution is -2.15. The smallest absolute Gasteiger partial charge is 0.306 e. The average molecular weight is 334 g/mol. The Kier molecular flexibility index (Phi) is 11.0. The maximum atomic E-state index is 12.0. The summed E-state index contributed by atoms with van der Waals surface area (Å²) in [6.45, 7) is 5.00. The highest BCUT2D eigenvalue weighted by molar-refractivity contribution is 5.69. The molecule has 136 valence electrons. The predicted octanol–water partition coefficient (Wildman–Crippen LogP) is 5.64. The number of aryl methyl sites for hydroxylation is 1. The summed E-state index contributed by atoms with van der Waals surface area (Å²) in [4.78, 5) is 12.0. The van der Waals surface area contributed by atoms with Crippen LogP contribution in [0, 0.1) is 5.92 Å². The van der Waals surface area contributed by atoms with Gasteiger partial charge in [0.1, 0.15) is 5.75 Å². The van der Waals surface area contributed by atoms with E-state index < -0.39 is 0 Å². The Morgan fingerprint density at radius 1 is 1.00 bits per heavy atom. The van der Waals surface area contributed by atoms with E-state index in [0.29, 0.717) is 25.4 Å². The van der Waals surface area contributed by atoms with Gasteiger partial charge in [0.2, 0.25) is 0 Å². The van der Waals surface area contributed by atoms with Gasteiger partial charge in [-0.05, 0) is 42.9 Å². The summed E-state index contributed by atoms with van der Waals surface area (Å²) in [6, 6.07) is 7.00. The van der Waals surface area contributed by atoms with E-state index in [1.807, 2.05) is 12.1 Å². The summed E-state index contributed by atoms with van der Waals surface area (Å²) in [6.07, 6.45) is 10.9. The van der Waals surface area contributed by atoms with Gasteiger partial charge < -0.3 is 9.84 Å². The van der Waals surface area contributed by atoms with Crippen LogP contribution in [-0.2, 0) is 16.0 Å². The molecule has 0 aliphatic heterocycles. The first kappa shape index (κ1) is 20.5. The van der Waals surface area contributed by atoms with E-state index in [4.69, 9.17) is 4.74 Å². The molecule has 3 heteroatoms. The van der Waals surface area contributed by atoms with Gasteiger partial charge in [-0.25, -0.2) is 0 Å². The minimum atomic E-state index is -0.113. The molecule has 0 aliphatic carbocycles. The van der Waals surface area contributed by atoms with Crippen LogP contribution >= 0.6 is 0 Å². The fourth-order valence-corrected chi connectivity index (χ4v) is 2.86. The summed E-state index contributed by atoms with van der Waals surface area (Å²) in [5.74, 6) is 0.653. The molecular formula is C21H34O3. The normalized spacial score (nSPS) is 12.1. The number of benzene rings is 1. The molecule has 0 amide bonds. The maximum absolute atomic E-state index is 12.0. The average Bonchev–Trinajstić information content (AvgIpc) is 2.59. The highest BCUT2D eigenvalue weighted by Gasteiger charge is 2.12. The molecule has 0 aliphatic rings. The zero-order chi connectivity index (χ0) is 17.6. The zero-order valence-electron chi connectivity index (χ0n) is 15.4. The summed E-state index contributed by atoms with van der Waals surface area (Å²) >= 11 is 0. The fourth-order valence-electron chi connectivity index (χ4n) is 2.86. The molecule has 0 heterocycles. The number of carbonyl (C=O) groups excluding carboxylic acids is 1. The largest absolute Gasteiger partial charge is 0.508 e. The lowest BCUT2D eigenvalue weighted by molar-refractivity contribution is -0.145.